The van der Waals surface area contributed by atoms with Crippen molar-refractivity contribution in [1.82, 2.24) is 5.32 Å². The average molecular weight is 355 g/mol. The molecule has 2 aliphatic rings. The molecule has 6 heteroatoms. The summed E-state index contributed by atoms with van der Waals surface area (Å²) < 4.78 is 14.7. The van der Waals surface area contributed by atoms with Crippen LogP contribution >= 0.6 is 15.9 Å². The molecule has 1 N–H and O–H groups in total. The van der Waals surface area contributed by atoms with Crippen LogP contribution in [0.3, 0.4) is 0 Å². The smallest absolute Gasteiger partial charge is 0.253 e. The standard InChI is InChI=1S/C15H16BrFN2O2/c16-10-4-5-12(11(17)8-10)19-9-13(20)18-15(14(19)21)6-2-1-3-7-15/h4-5,8H,1-3,6-7,9H2,(H,18,20). The third-order valence-corrected chi connectivity index (χ3v) is 4.74. The Morgan fingerprint density at radius 2 is 1.90 bits per heavy atom. The van der Waals surface area contributed by atoms with Gasteiger partial charge in [0.2, 0.25) is 5.91 Å². The number of carbonyl (C=O) groups excluding carboxylic acids is 2. The van der Waals surface area contributed by atoms with Gasteiger partial charge in [0.1, 0.15) is 17.9 Å². The molecule has 0 atom stereocenters. The van der Waals surface area contributed by atoms with E-state index in [1.807, 2.05) is 0 Å². The fourth-order valence-electron chi connectivity index (χ4n) is 3.22. The molecule has 1 aliphatic heterocycles. The molecule has 21 heavy (non-hydrogen) atoms. The SMILES string of the molecule is O=C1CN(c2ccc(Br)cc2F)C(=O)C2(CCCCC2)N1. The maximum absolute atomic E-state index is 14.1. The molecular weight excluding hydrogens is 339 g/mol. The molecule has 1 saturated carbocycles. The Bertz CT molecular complexity index is 599. The van der Waals surface area contributed by atoms with E-state index >= 15 is 0 Å². The van der Waals surface area contributed by atoms with Crippen LogP contribution in [0.1, 0.15) is 32.1 Å². The summed E-state index contributed by atoms with van der Waals surface area (Å²) in [6.45, 7) is -0.126. The molecule has 1 aromatic carbocycles. The minimum atomic E-state index is -0.840. The Hall–Kier alpha value is -1.43. The van der Waals surface area contributed by atoms with E-state index in [9.17, 15) is 14.0 Å². The van der Waals surface area contributed by atoms with E-state index in [0.717, 1.165) is 19.3 Å². The van der Waals surface area contributed by atoms with Crippen LogP contribution in [0.4, 0.5) is 10.1 Å². The summed E-state index contributed by atoms with van der Waals surface area (Å²) in [5.74, 6) is -0.916. The number of hydrogen-bond acceptors (Lipinski definition) is 2. The Morgan fingerprint density at radius 1 is 1.19 bits per heavy atom. The van der Waals surface area contributed by atoms with Gasteiger partial charge in [-0.05, 0) is 31.0 Å². The number of benzene rings is 1. The molecule has 3 rings (SSSR count). The minimum absolute atomic E-state index is 0.126. The lowest BCUT2D eigenvalue weighted by molar-refractivity contribution is -0.137. The molecule has 0 unspecified atom stereocenters. The van der Waals surface area contributed by atoms with E-state index in [4.69, 9.17) is 0 Å². The number of anilines is 1. The normalized spacial score (nSPS) is 21.5. The van der Waals surface area contributed by atoms with Gasteiger partial charge < -0.3 is 5.32 Å². The summed E-state index contributed by atoms with van der Waals surface area (Å²) in [7, 11) is 0. The highest BCUT2D eigenvalue weighted by molar-refractivity contribution is 9.10. The Labute approximate surface area is 130 Å². The number of amides is 2. The van der Waals surface area contributed by atoms with E-state index in [-0.39, 0.29) is 24.0 Å². The van der Waals surface area contributed by atoms with Gasteiger partial charge in [-0.25, -0.2) is 4.39 Å². The molecule has 1 saturated heterocycles. The van der Waals surface area contributed by atoms with E-state index in [0.29, 0.717) is 17.3 Å². The monoisotopic (exact) mass is 354 g/mol. The van der Waals surface area contributed by atoms with Gasteiger partial charge in [-0.1, -0.05) is 35.2 Å². The van der Waals surface area contributed by atoms with Crippen molar-refractivity contribution in [1.29, 1.82) is 0 Å². The quantitative estimate of drug-likeness (QED) is 0.842. The second kappa shape index (κ2) is 5.40. The molecule has 1 spiro atoms. The van der Waals surface area contributed by atoms with Crippen molar-refractivity contribution in [2.45, 2.75) is 37.6 Å². The van der Waals surface area contributed by atoms with Gasteiger partial charge in [-0.2, -0.15) is 0 Å². The van der Waals surface area contributed by atoms with Gasteiger partial charge in [0, 0.05) is 4.47 Å². The molecule has 2 fully saturated rings. The number of nitrogens with one attached hydrogen (secondary N) is 1. The fourth-order valence-corrected chi connectivity index (χ4v) is 3.56. The lowest BCUT2D eigenvalue weighted by Gasteiger charge is -2.44. The van der Waals surface area contributed by atoms with Crippen molar-refractivity contribution in [3.63, 3.8) is 0 Å². The van der Waals surface area contributed by atoms with Gasteiger partial charge in [-0.15, -0.1) is 0 Å². The van der Waals surface area contributed by atoms with Gasteiger partial charge in [0.25, 0.3) is 5.91 Å². The predicted molar refractivity (Wildman–Crippen MR) is 80.4 cm³/mol. The van der Waals surface area contributed by atoms with Crippen molar-refractivity contribution in [3.05, 3.63) is 28.5 Å². The summed E-state index contributed by atoms with van der Waals surface area (Å²) in [6.07, 6.45) is 4.14. The third kappa shape index (κ3) is 2.57. The molecule has 0 aromatic heterocycles. The highest BCUT2D eigenvalue weighted by Crippen LogP contribution is 2.34. The first kappa shape index (κ1) is 14.5. The molecule has 112 valence electrons. The molecule has 1 aliphatic carbocycles. The van der Waals surface area contributed by atoms with Crippen molar-refractivity contribution in [3.8, 4) is 0 Å². The second-order valence-electron chi connectivity index (χ2n) is 5.68. The largest absolute Gasteiger partial charge is 0.340 e. The lowest BCUT2D eigenvalue weighted by Crippen LogP contribution is -2.67. The van der Waals surface area contributed by atoms with Crippen LogP contribution in [-0.4, -0.2) is 23.9 Å². The predicted octanol–water partition coefficient (Wildman–Crippen LogP) is 2.75. The minimum Gasteiger partial charge on any atom is -0.340 e. The molecule has 1 aromatic rings. The summed E-state index contributed by atoms with van der Waals surface area (Å²) in [5, 5.41) is 2.85. The Morgan fingerprint density at radius 3 is 2.57 bits per heavy atom. The van der Waals surface area contributed by atoms with E-state index < -0.39 is 11.4 Å². The second-order valence-corrected chi connectivity index (χ2v) is 6.59. The summed E-state index contributed by atoms with van der Waals surface area (Å²) in [4.78, 5) is 26.1. The average Bonchev–Trinajstić information content (AvgIpc) is 2.44. The van der Waals surface area contributed by atoms with Crippen LogP contribution in [0, 0.1) is 5.82 Å². The third-order valence-electron chi connectivity index (χ3n) is 4.24. The summed E-state index contributed by atoms with van der Waals surface area (Å²) >= 11 is 3.19. The van der Waals surface area contributed by atoms with E-state index in [1.54, 1.807) is 6.07 Å². The van der Waals surface area contributed by atoms with Crippen LogP contribution in [0.5, 0.6) is 0 Å². The van der Waals surface area contributed by atoms with E-state index in [2.05, 4.69) is 21.2 Å². The van der Waals surface area contributed by atoms with Crippen molar-refractivity contribution >= 4 is 33.4 Å². The van der Waals surface area contributed by atoms with Crippen molar-refractivity contribution in [2.75, 3.05) is 11.4 Å². The maximum atomic E-state index is 14.1. The Kier molecular flexibility index (Phi) is 3.73. The highest BCUT2D eigenvalue weighted by Gasteiger charge is 2.47. The van der Waals surface area contributed by atoms with Crippen LogP contribution in [-0.2, 0) is 9.59 Å². The number of hydrogen-bond donors (Lipinski definition) is 1. The molecule has 1 heterocycles. The first-order chi connectivity index (χ1) is 10.0. The molecular formula is C15H16BrFN2O2. The fraction of sp³-hybridized carbons (Fsp3) is 0.467. The molecule has 2 amide bonds. The molecule has 0 bridgehead atoms. The zero-order valence-corrected chi connectivity index (χ0v) is 13.1. The van der Waals surface area contributed by atoms with Gasteiger partial charge >= 0.3 is 0 Å². The molecule has 0 radical (unpaired) electrons. The summed E-state index contributed by atoms with van der Waals surface area (Å²) in [5.41, 5.74) is -0.671. The van der Waals surface area contributed by atoms with Gasteiger partial charge in [0.05, 0.1) is 5.69 Å². The van der Waals surface area contributed by atoms with Gasteiger partial charge in [0.15, 0.2) is 0 Å². The summed E-state index contributed by atoms with van der Waals surface area (Å²) in [6, 6.07) is 4.51. The number of rotatable bonds is 1. The van der Waals surface area contributed by atoms with Crippen LogP contribution < -0.4 is 10.2 Å². The van der Waals surface area contributed by atoms with Crippen LogP contribution in [0.15, 0.2) is 22.7 Å². The lowest BCUT2D eigenvalue weighted by atomic mass is 9.79. The Balaban J connectivity index is 1.97. The first-order valence-corrected chi connectivity index (χ1v) is 7.89. The zero-order chi connectivity index (χ0) is 15.0. The molecule has 4 nitrogen and oxygen atoms in total. The zero-order valence-electron chi connectivity index (χ0n) is 11.5. The first-order valence-electron chi connectivity index (χ1n) is 7.10. The number of piperazine rings is 1. The van der Waals surface area contributed by atoms with Crippen molar-refractivity contribution in [2.24, 2.45) is 0 Å². The van der Waals surface area contributed by atoms with Crippen LogP contribution in [0.25, 0.3) is 0 Å². The topological polar surface area (TPSA) is 49.4 Å². The highest BCUT2D eigenvalue weighted by atomic mass is 79.9. The maximum Gasteiger partial charge on any atom is 0.253 e. The van der Waals surface area contributed by atoms with Gasteiger partial charge in [-0.3, -0.25) is 14.5 Å². The van der Waals surface area contributed by atoms with Crippen molar-refractivity contribution < 1.29 is 14.0 Å². The van der Waals surface area contributed by atoms with Crippen LogP contribution in [0.2, 0.25) is 0 Å². The van der Waals surface area contributed by atoms with E-state index in [1.165, 1.54) is 17.0 Å². The number of nitrogens with zero attached hydrogens (tertiary/aromatic N) is 1. The number of carbonyl (C=O) groups is 2. The number of halogens is 2.